The topological polar surface area (TPSA) is 115 Å². The van der Waals surface area contributed by atoms with E-state index in [0.717, 1.165) is 171 Å². The molecule has 0 unspecified atom stereocenters. The Bertz CT molecular complexity index is 3970. The summed E-state index contributed by atoms with van der Waals surface area (Å²) in [5.41, 5.74) is 42.4. The van der Waals surface area contributed by atoms with Crippen molar-refractivity contribution in [2.45, 2.75) is 220 Å². The molecule has 10 heterocycles. The van der Waals surface area contributed by atoms with E-state index in [1.165, 1.54) is 128 Å². The van der Waals surface area contributed by atoms with E-state index in [2.05, 4.69) is 167 Å². The fourth-order valence-corrected chi connectivity index (χ4v) is 15.0. The fourth-order valence-electron chi connectivity index (χ4n) is 15.0. The second kappa shape index (κ2) is 24.0. The number of hydrogen-bond acceptors (Lipinski definition) is 4. The molecule has 4 aliphatic rings. The number of rotatable bonds is 18. The third kappa shape index (κ3) is 9.64. The molecule has 6 aromatic heterocycles. The van der Waals surface area contributed by atoms with Crippen molar-refractivity contribution in [3.8, 4) is 0 Å². The van der Waals surface area contributed by atoms with E-state index in [-0.39, 0.29) is 0 Å². The molecule has 8 nitrogen and oxygen atoms in total. The number of aryl methyl sites for hydroxylation is 10. The molecule has 8 heteroatoms. The summed E-state index contributed by atoms with van der Waals surface area (Å²) in [7, 11) is 0. The highest BCUT2D eigenvalue weighted by Crippen LogP contribution is 2.44. The summed E-state index contributed by atoms with van der Waals surface area (Å²) >= 11 is 0. The Kier molecular flexibility index (Phi) is 17.0. The van der Waals surface area contributed by atoms with Crippen LogP contribution >= 0.6 is 0 Å². The first kappa shape index (κ1) is 57.4. The van der Waals surface area contributed by atoms with Crippen LogP contribution in [-0.4, -0.2) is 39.9 Å². The van der Waals surface area contributed by atoms with Crippen molar-refractivity contribution in [3.63, 3.8) is 0 Å². The lowest BCUT2D eigenvalue weighted by Gasteiger charge is -2.13. The van der Waals surface area contributed by atoms with Crippen LogP contribution in [0, 0.1) is 0 Å². The van der Waals surface area contributed by atoms with Crippen molar-refractivity contribution < 1.29 is 0 Å². The molecule has 0 saturated heterocycles. The van der Waals surface area contributed by atoms with Gasteiger partial charge in [-0.1, -0.05) is 104 Å². The van der Waals surface area contributed by atoms with Gasteiger partial charge in [0, 0.05) is 55.3 Å². The zero-order valence-electron chi connectivity index (χ0n) is 52.3. The van der Waals surface area contributed by atoms with E-state index in [1.807, 2.05) is 0 Å². The third-order valence-electron chi connectivity index (χ3n) is 18.9. The lowest BCUT2D eigenvalue weighted by molar-refractivity contribution is 0.937. The molecule has 0 atom stereocenters. The Hall–Kier alpha value is -6.80. The van der Waals surface area contributed by atoms with Crippen molar-refractivity contribution in [2.24, 2.45) is 0 Å². The van der Waals surface area contributed by atoms with Crippen molar-refractivity contribution >= 4 is 88.7 Å². The van der Waals surface area contributed by atoms with Gasteiger partial charge in [-0.05, 0) is 242 Å². The van der Waals surface area contributed by atoms with Gasteiger partial charge in [-0.25, -0.2) is 19.9 Å². The van der Waals surface area contributed by atoms with Crippen LogP contribution in [0.5, 0.6) is 0 Å². The molecule has 0 saturated carbocycles. The minimum Gasteiger partial charge on any atom is -0.355 e. The maximum Gasteiger partial charge on any atom is 0.0725 e. The summed E-state index contributed by atoms with van der Waals surface area (Å²) in [5, 5.41) is 0. The highest BCUT2D eigenvalue weighted by molar-refractivity contribution is 5.99. The third-order valence-corrected chi connectivity index (χ3v) is 18.9. The Morgan fingerprint density at radius 1 is 0.247 bits per heavy atom. The molecule has 0 aliphatic carbocycles. The number of fused-ring (bicyclic) bond motifs is 16. The molecule has 4 aliphatic heterocycles. The Morgan fingerprint density at radius 3 is 0.802 bits per heavy atom. The number of aromatic amines is 4. The minimum atomic E-state index is 0.764. The molecule has 4 N–H and O–H groups in total. The van der Waals surface area contributed by atoms with Crippen molar-refractivity contribution in [1.82, 2.24) is 39.9 Å². The van der Waals surface area contributed by atoms with Crippen molar-refractivity contribution in [1.29, 1.82) is 0 Å². The molecule has 0 fully saturated rings. The van der Waals surface area contributed by atoms with Crippen LogP contribution < -0.4 is 0 Å². The van der Waals surface area contributed by atoms with Gasteiger partial charge in [-0.15, -0.1) is 0 Å². The second-order valence-electron chi connectivity index (χ2n) is 22.6. The van der Waals surface area contributed by atoms with Crippen LogP contribution in [0.2, 0.25) is 0 Å². The molecule has 16 bridgehead atoms. The molecule has 81 heavy (non-hydrogen) atoms. The lowest BCUT2D eigenvalue weighted by Crippen LogP contribution is -2.03. The van der Waals surface area contributed by atoms with Crippen LogP contribution in [0.25, 0.3) is 88.7 Å². The summed E-state index contributed by atoms with van der Waals surface area (Å²) in [6, 6.07) is 14.2. The SMILES string of the molecule is CCC1=C(C)c2cc3[nH]c(c(CCc4c5nc(cc6[nH]c(cc7nc(cc8[nH]c4c(CC)c8CC)C(CC)=C7CC)c(CC)c6CC)C(CC)=C5CC)c4nc(cc5[nH]c(cc1n2)c(CC)c5CC)C(CC)=C4CC)c(CC)c3CC. The Balaban J connectivity index is 1.37. The monoisotopic (exact) mass is 1080 g/mol. The van der Waals surface area contributed by atoms with Crippen LogP contribution in [0.3, 0.4) is 0 Å². The minimum absolute atomic E-state index is 0.764. The van der Waals surface area contributed by atoms with E-state index >= 15 is 0 Å². The quantitative estimate of drug-likeness (QED) is 0.0686. The van der Waals surface area contributed by atoms with Crippen molar-refractivity contribution in [2.75, 3.05) is 0 Å². The van der Waals surface area contributed by atoms with Gasteiger partial charge in [-0.3, -0.25) is 0 Å². The Morgan fingerprint density at radius 2 is 0.494 bits per heavy atom. The standard InChI is InChI=1S/C73H92N8/c1-17-41-40(16)58-34-66-48(24-8)52(28-12)70(78-66)56(71-53(29-13)49(25-9)67(79-71)37-63-45(21-5)42(18-2)60(75-63)35-59(41)74-58)32-33-57-72-54(30-14)50(26-10)68(80-72)38-64-46(22-6)43(19-3)61(76-64)36-62-44(20-4)47(23-7)65(77-62)39-69-51(27-11)55(31-15)73(57)81-69/h34-39,75-76,78,81H,17-33H2,1-16H3. The number of H-pyrrole nitrogens is 4. The van der Waals surface area contributed by atoms with E-state index in [0.29, 0.717) is 0 Å². The average Bonchev–Trinajstić information content (AvgIpc) is 4.45. The van der Waals surface area contributed by atoms with E-state index < -0.39 is 0 Å². The van der Waals surface area contributed by atoms with Crippen molar-refractivity contribution in [3.05, 3.63) is 138 Å². The van der Waals surface area contributed by atoms with Crippen LogP contribution in [0.15, 0.2) is 36.4 Å². The molecule has 424 valence electrons. The molecule has 0 aromatic carbocycles. The molecule has 0 spiro atoms. The van der Waals surface area contributed by atoms with Gasteiger partial charge in [0.25, 0.3) is 0 Å². The number of nitrogens with one attached hydrogen (secondary N) is 4. The average molecular weight is 1080 g/mol. The van der Waals surface area contributed by atoms with Gasteiger partial charge >= 0.3 is 0 Å². The predicted octanol–water partition coefficient (Wildman–Crippen LogP) is 19.8. The molecule has 10 rings (SSSR count). The van der Waals surface area contributed by atoms with E-state index in [4.69, 9.17) is 19.9 Å². The number of nitrogens with zero attached hydrogens (tertiary/aromatic N) is 4. The number of allylic oxidation sites excluding steroid dienone is 8. The first-order valence-corrected chi connectivity index (χ1v) is 31.9. The molecule has 0 amide bonds. The Labute approximate surface area is 483 Å². The first-order chi connectivity index (χ1) is 39.4. The molecular weight excluding hydrogens is 989 g/mol. The van der Waals surface area contributed by atoms with Gasteiger partial charge in [0.2, 0.25) is 0 Å². The van der Waals surface area contributed by atoms with E-state index in [9.17, 15) is 0 Å². The van der Waals surface area contributed by atoms with Gasteiger partial charge in [0.1, 0.15) is 0 Å². The summed E-state index contributed by atoms with van der Waals surface area (Å²) in [4.78, 5) is 39.3. The predicted molar refractivity (Wildman–Crippen MR) is 349 cm³/mol. The fraction of sp³-hybridized carbons (Fsp3) is 0.452. The maximum absolute atomic E-state index is 5.94. The van der Waals surface area contributed by atoms with Gasteiger partial charge in [-0.2, -0.15) is 0 Å². The van der Waals surface area contributed by atoms with Gasteiger partial charge in [0.15, 0.2) is 0 Å². The van der Waals surface area contributed by atoms with Gasteiger partial charge in [0.05, 0.1) is 45.6 Å². The smallest absolute Gasteiger partial charge is 0.0725 e. The van der Waals surface area contributed by atoms with Crippen LogP contribution in [0.1, 0.15) is 257 Å². The first-order valence-electron chi connectivity index (χ1n) is 31.9. The summed E-state index contributed by atoms with van der Waals surface area (Å²) in [6.07, 6.45) is 15.2. The van der Waals surface area contributed by atoms with Gasteiger partial charge < -0.3 is 19.9 Å². The summed E-state index contributed by atoms with van der Waals surface area (Å²) < 4.78 is 0. The highest BCUT2D eigenvalue weighted by atomic mass is 14.8. The van der Waals surface area contributed by atoms with Crippen LogP contribution in [0.4, 0.5) is 0 Å². The number of hydrogen-bond donors (Lipinski definition) is 4. The number of aromatic nitrogens is 8. The summed E-state index contributed by atoms with van der Waals surface area (Å²) in [5.74, 6) is 0. The van der Waals surface area contributed by atoms with Crippen LogP contribution in [-0.2, 0) is 64.2 Å². The zero-order chi connectivity index (χ0) is 57.6. The molecule has 6 aromatic rings. The van der Waals surface area contributed by atoms with E-state index in [1.54, 1.807) is 0 Å². The highest BCUT2D eigenvalue weighted by Gasteiger charge is 2.29. The zero-order valence-corrected chi connectivity index (χ0v) is 52.3. The second-order valence-corrected chi connectivity index (χ2v) is 22.6. The normalized spacial score (nSPS) is 13.8. The summed E-state index contributed by atoms with van der Waals surface area (Å²) in [6.45, 7) is 37.0. The lowest BCUT2D eigenvalue weighted by atomic mass is 9.91. The molecule has 0 radical (unpaired) electrons. The maximum atomic E-state index is 5.94. The largest absolute Gasteiger partial charge is 0.355 e. The molecular formula is C73H92N8.